The minimum atomic E-state index is 0. The molecule has 1 saturated heterocycles. The number of fused-ring (bicyclic) bond motifs is 1. The van der Waals surface area contributed by atoms with Crippen LogP contribution in [0, 0.1) is 5.92 Å². The molecule has 5 nitrogen and oxygen atoms in total. The smallest absolute Gasteiger partial charge is 0.223 e. The quantitative estimate of drug-likeness (QED) is 0.894. The van der Waals surface area contributed by atoms with Crippen molar-refractivity contribution in [2.24, 2.45) is 5.92 Å². The van der Waals surface area contributed by atoms with E-state index >= 15 is 0 Å². The summed E-state index contributed by atoms with van der Waals surface area (Å²) in [6.07, 6.45) is 1.73. The molecule has 1 saturated carbocycles. The molecule has 22 heavy (non-hydrogen) atoms. The zero-order chi connectivity index (χ0) is 14.2. The van der Waals surface area contributed by atoms with Gasteiger partial charge < -0.3 is 15.4 Å². The van der Waals surface area contributed by atoms with Crippen LogP contribution in [0.5, 0.6) is 5.75 Å². The average Bonchev–Trinajstić information content (AvgIpc) is 2.86. The molecule has 2 heterocycles. The normalized spacial score (nSPS) is 24.0. The molecule has 1 aliphatic carbocycles. The molecule has 1 aliphatic heterocycles. The molecule has 4 rings (SSSR count). The predicted octanol–water partition coefficient (Wildman–Crippen LogP) is 1.96. The summed E-state index contributed by atoms with van der Waals surface area (Å²) >= 11 is 1.61. The fraction of sp³-hybridized carbons (Fsp3) is 0.467. The van der Waals surface area contributed by atoms with Crippen molar-refractivity contribution < 1.29 is 9.53 Å². The zero-order valence-corrected chi connectivity index (χ0v) is 13.6. The highest BCUT2D eigenvalue weighted by Crippen LogP contribution is 2.34. The van der Waals surface area contributed by atoms with Gasteiger partial charge in [-0.25, -0.2) is 4.98 Å². The number of rotatable bonds is 4. The number of carbonyl (C=O) groups excluding carboxylic acids is 1. The average molecular weight is 340 g/mol. The predicted molar refractivity (Wildman–Crippen MR) is 88.8 cm³/mol. The lowest BCUT2D eigenvalue weighted by atomic mass is 9.81. The maximum absolute atomic E-state index is 12.0. The fourth-order valence-electron chi connectivity index (χ4n) is 2.72. The molecule has 7 heteroatoms. The van der Waals surface area contributed by atoms with Crippen molar-refractivity contribution in [3.05, 3.63) is 23.7 Å². The van der Waals surface area contributed by atoms with Crippen LogP contribution in [0.3, 0.4) is 0 Å². The van der Waals surface area contributed by atoms with E-state index in [2.05, 4.69) is 15.6 Å². The van der Waals surface area contributed by atoms with Crippen LogP contribution in [0.4, 0.5) is 0 Å². The van der Waals surface area contributed by atoms with Crippen molar-refractivity contribution in [2.45, 2.75) is 25.0 Å². The first kappa shape index (κ1) is 15.5. The number of hydrogen-bond donors (Lipinski definition) is 2. The van der Waals surface area contributed by atoms with Crippen LogP contribution in [-0.4, -0.2) is 36.1 Å². The molecule has 1 amide bonds. The Bertz CT molecular complexity index is 668. The van der Waals surface area contributed by atoms with Crippen LogP contribution in [0.2, 0.25) is 0 Å². The van der Waals surface area contributed by atoms with Gasteiger partial charge in [-0.1, -0.05) is 6.07 Å². The summed E-state index contributed by atoms with van der Waals surface area (Å²) < 4.78 is 7.14. The number of para-hydroxylation sites is 1. The van der Waals surface area contributed by atoms with Crippen LogP contribution in [0.1, 0.15) is 12.8 Å². The van der Waals surface area contributed by atoms with Crippen LogP contribution < -0.4 is 15.4 Å². The van der Waals surface area contributed by atoms with Crippen molar-refractivity contribution in [2.75, 3.05) is 13.1 Å². The molecule has 1 aromatic heterocycles. The lowest BCUT2D eigenvalue weighted by Gasteiger charge is -2.36. The molecule has 1 aromatic carbocycles. The summed E-state index contributed by atoms with van der Waals surface area (Å²) in [7, 11) is 0. The summed E-state index contributed by atoms with van der Waals surface area (Å²) in [4.78, 5) is 16.3. The number of benzene rings is 1. The second-order valence-electron chi connectivity index (χ2n) is 5.73. The first-order chi connectivity index (χ1) is 10.3. The van der Waals surface area contributed by atoms with E-state index in [0.717, 1.165) is 41.9 Å². The summed E-state index contributed by atoms with van der Waals surface area (Å²) in [6.45, 7) is 1.79. The molecule has 118 valence electrons. The monoisotopic (exact) mass is 339 g/mol. The second-order valence-corrected chi connectivity index (χ2v) is 6.61. The van der Waals surface area contributed by atoms with E-state index in [1.165, 1.54) is 0 Å². The number of halogens is 1. The lowest BCUT2D eigenvalue weighted by Crippen LogP contribution is -2.59. The molecule has 0 unspecified atom stereocenters. The summed E-state index contributed by atoms with van der Waals surface area (Å²) in [5, 5.41) is 6.21. The van der Waals surface area contributed by atoms with Gasteiger partial charge in [0.1, 0.15) is 17.4 Å². The number of nitrogens with zero attached hydrogens (tertiary/aromatic N) is 1. The van der Waals surface area contributed by atoms with Gasteiger partial charge in [-0.05, 0) is 25.0 Å². The summed E-state index contributed by atoms with van der Waals surface area (Å²) in [5.41, 5.74) is 2.76. The van der Waals surface area contributed by atoms with Crippen molar-refractivity contribution in [3.8, 4) is 5.75 Å². The standard InChI is InChI=1S/C15H17N3O2S.ClH/c19-15(18-10-6-16-7-10)9-4-11(5-9)20-12-2-1-3-13-14(12)17-8-21-13;/h1-3,8-11,16H,4-7H2,(H,18,19);1H. The highest BCUT2D eigenvalue weighted by Gasteiger charge is 2.37. The molecule has 2 aliphatic rings. The number of hydrogen-bond acceptors (Lipinski definition) is 5. The van der Waals surface area contributed by atoms with Crippen molar-refractivity contribution in [1.82, 2.24) is 15.6 Å². The Labute approximate surface area is 138 Å². The maximum atomic E-state index is 12.0. The molecule has 2 aromatic rings. The van der Waals surface area contributed by atoms with E-state index in [9.17, 15) is 4.79 Å². The Balaban J connectivity index is 0.00000144. The number of aromatic nitrogens is 1. The van der Waals surface area contributed by atoms with Gasteiger partial charge in [-0.3, -0.25) is 4.79 Å². The van der Waals surface area contributed by atoms with Gasteiger partial charge in [-0.15, -0.1) is 23.7 Å². The zero-order valence-electron chi connectivity index (χ0n) is 12.0. The Morgan fingerprint density at radius 2 is 2.18 bits per heavy atom. The van der Waals surface area contributed by atoms with E-state index in [4.69, 9.17) is 4.74 Å². The number of ether oxygens (including phenoxy) is 1. The van der Waals surface area contributed by atoms with Crippen molar-refractivity contribution in [3.63, 3.8) is 0 Å². The van der Waals surface area contributed by atoms with Gasteiger partial charge >= 0.3 is 0 Å². The highest BCUT2D eigenvalue weighted by atomic mass is 35.5. The van der Waals surface area contributed by atoms with E-state index in [1.807, 2.05) is 23.7 Å². The Morgan fingerprint density at radius 3 is 2.91 bits per heavy atom. The minimum Gasteiger partial charge on any atom is -0.488 e. The minimum absolute atomic E-state index is 0. The van der Waals surface area contributed by atoms with Crippen LogP contribution in [0.15, 0.2) is 23.7 Å². The first-order valence-electron chi connectivity index (χ1n) is 7.29. The van der Waals surface area contributed by atoms with Gasteiger partial charge in [0.05, 0.1) is 16.3 Å². The van der Waals surface area contributed by atoms with E-state index in [-0.39, 0.29) is 30.3 Å². The maximum Gasteiger partial charge on any atom is 0.223 e. The molecule has 2 fully saturated rings. The van der Waals surface area contributed by atoms with E-state index in [1.54, 1.807) is 11.3 Å². The fourth-order valence-corrected chi connectivity index (χ4v) is 3.41. The van der Waals surface area contributed by atoms with Gasteiger partial charge in [0, 0.05) is 19.0 Å². The van der Waals surface area contributed by atoms with Gasteiger partial charge in [-0.2, -0.15) is 0 Å². The van der Waals surface area contributed by atoms with Gasteiger partial charge in [0.2, 0.25) is 5.91 Å². The van der Waals surface area contributed by atoms with E-state index in [0.29, 0.717) is 6.04 Å². The molecule has 0 bridgehead atoms. The topological polar surface area (TPSA) is 63.2 Å². The number of thiazole rings is 1. The van der Waals surface area contributed by atoms with Crippen LogP contribution in [0.25, 0.3) is 10.2 Å². The first-order valence-corrected chi connectivity index (χ1v) is 8.17. The van der Waals surface area contributed by atoms with Gasteiger partial charge in [0.15, 0.2) is 0 Å². The van der Waals surface area contributed by atoms with Crippen LogP contribution >= 0.6 is 23.7 Å². The number of amides is 1. The van der Waals surface area contributed by atoms with E-state index < -0.39 is 0 Å². The Hall–Kier alpha value is -1.37. The Morgan fingerprint density at radius 1 is 1.36 bits per heavy atom. The molecular weight excluding hydrogens is 322 g/mol. The molecule has 0 spiro atoms. The van der Waals surface area contributed by atoms with Crippen LogP contribution in [-0.2, 0) is 4.79 Å². The number of nitrogens with one attached hydrogen (secondary N) is 2. The summed E-state index contributed by atoms with van der Waals surface area (Å²) in [6, 6.07) is 6.31. The molecule has 0 radical (unpaired) electrons. The largest absolute Gasteiger partial charge is 0.488 e. The Kier molecular flexibility index (Phi) is 4.52. The lowest BCUT2D eigenvalue weighted by molar-refractivity contribution is -0.131. The third-order valence-electron chi connectivity index (χ3n) is 4.21. The highest BCUT2D eigenvalue weighted by molar-refractivity contribution is 7.16. The van der Waals surface area contributed by atoms with Crippen molar-refractivity contribution >= 4 is 39.9 Å². The molecule has 0 atom stereocenters. The molecular formula is C15H18ClN3O2S. The third kappa shape index (κ3) is 2.91. The SMILES string of the molecule is Cl.O=C(NC1CNC1)C1CC(Oc2cccc3scnc23)C1. The molecule has 2 N–H and O–H groups in total. The third-order valence-corrected chi connectivity index (χ3v) is 5.00. The van der Waals surface area contributed by atoms with Crippen molar-refractivity contribution in [1.29, 1.82) is 0 Å². The van der Waals surface area contributed by atoms with Gasteiger partial charge in [0.25, 0.3) is 0 Å². The second kappa shape index (κ2) is 6.40. The number of carbonyl (C=O) groups is 1. The summed E-state index contributed by atoms with van der Waals surface area (Å²) in [5.74, 6) is 1.11.